The first kappa shape index (κ1) is 34.1. The highest BCUT2D eigenvalue weighted by Gasteiger charge is 2.25. The first-order chi connectivity index (χ1) is 21.6. The number of methoxy groups -OCH3 is 1. The lowest BCUT2D eigenvalue weighted by atomic mass is 10.1. The van der Waals surface area contributed by atoms with E-state index in [4.69, 9.17) is 49.0 Å². The molecule has 0 aliphatic rings. The van der Waals surface area contributed by atoms with Crippen LogP contribution in [0.3, 0.4) is 0 Å². The number of rotatable bonds is 13. The fourth-order valence-corrected chi connectivity index (χ4v) is 5.25. The van der Waals surface area contributed by atoms with Crippen LogP contribution in [0.4, 0.5) is 0 Å². The van der Waals surface area contributed by atoms with Crippen molar-refractivity contribution >= 4 is 68.8 Å². The van der Waals surface area contributed by atoms with E-state index in [-0.39, 0.29) is 11.4 Å². The summed E-state index contributed by atoms with van der Waals surface area (Å²) in [5.41, 5.74) is 4.94. The van der Waals surface area contributed by atoms with Gasteiger partial charge in [0.25, 0.3) is 11.8 Å². The summed E-state index contributed by atoms with van der Waals surface area (Å²) in [5, 5.41) is 8.23. The first-order valence-electron chi connectivity index (χ1n) is 13.7. The molecule has 0 saturated heterocycles. The van der Waals surface area contributed by atoms with Gasteiger partial charge in [-0.2, -0.15) is 5.10 Å². The fourth-order valence-electron chi connectivity index (χ4n) is 4.10. The van der Waals surface area contributed by atoms with E-state index in [1.165, 1.54) is 19.4 Å². The van der Waals surface area contributed by atoms with Crippen molar-refractivity contribution < 1.29 is 23.8 Å². The third kappa shape index (κ3) is 10.1. The maximum atomic E-state index is 13.3. The number of ether oxygens (including phenoxy) is 3. The zero-order valence-electron chi connectivity index (χ0n) is 24.2. The van der Waals surface area contributed by atoms with Gasteiger partial charge in [-0.05, 0) is 82.0 Å². The lowest BCUT2D eigenvalue weighted by molar-refractivity contribution is -0.132. The smallest absolute Gasteiger partial charge is 0.262 e. The molecule has 12 heteroatoms. The second-order valence-corrected chi connectivity index (χ2v) is 11.9. The van der Waals surface area contributed by atoms with E-state index in [9.17, 15) is 9.59 Å². The van der Waals surface area contributed by atoms with Gasteiger partial charge in [-0.3, -0.25) is 9.59 Å². The predicted molar refractivity (Wildman–Crippen MR) is 181 cm³/mol. The molecule has 0 radical (unpaired) electrons. The molecule has 0 aliphatic carbocycles. The quantitative estimate of drug-likeness (QED) is 0.109. The van der Waals surface area contributed by atoms with Crippen LogP contribution in [0.25, 0.3) is 0 Å². The minimum absolute atomic E-state index is 0.224. The normalized spacial score (nSPS) is 12.3. The largest absolute Gasteiger partial charge is 0.493 e. The van der Waals surface area contributed by atoms with Gasteiger partial charge < -0.3 is 19.5 Å². The molecule has 45 heavy (non-hydrogen) atoms. The average Bonchev–Trinajstić information content (AvgIpc) is 3.02. The first-order valence-corrected chi connectivity index (χ1v) is 15.6. The Morgan fingerprint density at radius 3 is 2.29 bits per heavy atom. The molecule has 2 atom stereocenters. The van der Waals surface area contributed by atoms with Crippen LogP contribution in [0.2, 0.25) is 15.1 Å². The van der Waals surface area contributed by atoms with Gasteiger partial charge in [-0.15, -0.1) is 0 Å². The molecular weight excluding hydrogens is 705 g/mol. The Morgan fingerprint density at radius 2 is 1.60 bits per heavy atom. The van der Waals surface area contributed by atoms with E-state index >= 15 is 0 Å². The summed E-state index contributed by atoms with van der Waals surface area (Å²) in [7, 11) is 1.53. The summed E-state index contributed by atoms with van der Waals surface area (Å²) in [6, 6.07) is 23.9. The Hall–Kier alpha value is -3.76. The van der Waals surface area contributed by atoms with Crippen LogP contribution in [0.15, 0.2) is 94.5 Å². The number of carbonyl (C=O) groups excluding carboxylic acids is 2. The van der Waals surface area contributed by atoms with Gasteiger partial charge in [0.2, 0.25) is 0 Å². The van der Waals surface area contributed by atoms with Crippen LogP contribution < -0.4 is 25.0 Å². The maximum absolute atomic E-state index is 13.3. The van der Waals surface area contributed by atoms with Crippen LogP contribution in [0, 0.1) is 0 Å². The van der Waals surface area contributed by atoms with E-state index in [2.05, 4.69) is 31.8 Å². The second-order valence-electron chi connectivity index (χ2n) is 9.77. The minimum Gasteiger partial charge on any atom is -0.493 e. The Bertz CT molecular complexity index is 1660. The Morgan fingerprint density at radius 1 is 0.889 bits per heavy atom. The van der Waals surface area contributed by atoms with Gasteiger partial charge in [0, 0.05) is 16.5 Å². The number of nitrogens with zero attached hydrogens (tertiary/aromatic N) is 1. The molecule has 2 amide bonds. The number of carbonyl (C=O) groups is 2. The van der Waals surface area contributed by atoms with Crippen molar-refractivity contribution in [2.24, 2.45) is 5.10 Å². The van der Waals surface area contributed by atoms with E-state index < -0.39 is 24.0 Å². The molecule has 0 aliphatic heterocycles. The summed E-state index contributed by atoms with van der Waals surface area (Å²) < 4.78 is 17.9. The van der Waals surface area contributed by atoms with Gasteiger partial charge in [-0.25, -0.2) is 5.43 Å². The van der Waals surface area contributed by atoms with Crippen molar-refractivity contribution in [2.75, 3.05) is 7.11 Å². The third-order valence-corrected chi connectivity index (χ3v) is 7.79. The molecular formula is C33H29BrCl3N3O5. The van der Waals surface area contributed by atoms with Crippen LogP contribution >= 0.6 is 50.7 Å². The van der Waals surface area contributed by atoms with E-state index in [0.29, 0.717) is 43.9 Å². The van der Waals surface area contributed by atoms with Crippen LogP contribution in [-0.4, -0.2) is 37.3 Å². The van der Waals surface area contributed by atoms with Gasteiger partial charge in [-0.1, -0.05) is 77.3 Å². The lowest BCUT2D eigenvalue weighted by Gasteiger charge is -2.21. The predicted octanol–water partition coefficient (Wildman–Crippen LogP) is 7.64. The standard InChI is InChI=1S/C33H29BrCl3N3O5/c1-20(45-29-13-12-25(36)17-27(29)37)32(41)39-28(15-21-6-4-3-5-7-21)33(42)40-38-18-23-14-26(34)31(30(16-23)43-2)44-19-22-8-10-24(35)11-9-22/h3-14,16-18,20,28H,15,19H2,1-2H3,(H,39,41)(H,40,42)/b38-18-/t20-,28+/m1/s1. The van der Waals surface area contributed by atoms with Crippen LogP contribution in [0.5, 0.6) is 17.2 Å². The molecule has 4 rings (SSSR count). The van der Waals surface area contributed by atoms with Crippen molar-refractivity contribution in [2.45, 2.75) is 32.1 Å². The van der Waals surface area contributed by atoms with Gasteiger partial charge in [0.15, 0.2) is 17.6 Å². The number of hydrogen-bond acceptors (Lipinski definition) is 6. The summed E-state index contributed by atoms with van der Waals surface area (Å²) >= 11 is 21.6. The Kier molecular flexibility index (Phi) is 12.5. The number of benzene rings is 4. The molecule has 4 aromatic carbocycles. The number of nitrogens with one attached hydrogen (secondary N) is 2. The third-order valence-electron chi connectivity index (χ3n) is 6.42. The summed E-state index contributed by atoms with van der Waals surface area (Å²) in [4.78, 5) is 26.3. The zero-order valence-corrected chi connectivity index (χ0v) is 28.1. The van der Waals surface area contributed by atoms with Crippen molar-refractivity contribution in [1.29, 1.82) is 0 Å². The fraction of sp³-hybridized carbons (Fsp3) is 0.182. The lowest BCUT2D eigenvalue weighted by Crippen LogP contribution is -2.50. The van der Waals surface area contributed by atoms with Gasteiger partial charge in [0.05, 0.1) is 22.8 Å². The van der Waals surface area contributed by atoms with Crippen LogP contribution in [0.1, 0.15) is 23.6 Å². The molecule has 0 fully saturated rings. The number of halogens is 4. The van der Waals surface area contributed by atoms with E-state index in [1.807, 2.05) is 42.5 Å². The van der Waals surface area contributed by atoms with Gasteiger partial charge in [0.1, 0.15) is 18.4 Å². The molecule has 0 saturated carbocycles. The number of hydrogen-bond donors (Lipinski definition) is 2. The highest BCUT2D eigenvalue weighted by atomic mass is 79.9. The van der Waals surface area contributed by atoms with Crippen molar-refractivity contribution in [3.8, 4) is 17.2 Å². The summed E-state index contributed by atoms with van der Waals surface area (Å²) in [5.74, 6) is 0.240. The van der Waals surface area contributed by atoms with Crippen molar-refractivity contribution in [3.63, 3.8) is 0 Å². The van der Waals surface area contributed by atoms with Crippen molar-refractivity contribution in [3.05, 3.63) is 121 Å². The molecule has 4 aromatic rings. The Labute approximate surface area is 284 Å². The molecule has 0 bridgehead atoms. The maximum Gasteiger partial charge on any atom is 0.262 e. The number of hydrazone groups is 1. The molecule has 0 unspecified atom stereocenters. The molecule has 0 heterocycles. The second kappa shape index (κ2) is 16.5. The average molecular weight is 734 g/mol. The molecule has 0 aromatic heterocycles. The summed E-state index contributed by atoms with van der Waals surface area (Å²) in [6.45, 7) is 1.87. The van der Waals surface area contributed by atoms with Gasteiger partial charge >= 0.3 is 0 Å². The molecule has 2 N–H and O–H groups in total. The number of amides is 2. The van der Waals surface area contributed by atoms with Crippen LogP contribution in [-0.2, 0) is 22.6 Å². The molecule has 8 nitrogen and oxygen atoms in total. The van der Waals surface area contributed by atoms with E-state index in [0.717, 1.165) is 11.1 Å². The molecule has 234 valence electrons. The molecule has 0 spiro atoms. The minimum atomic E-state index is -0.955. The Balaban J connectivity index is 1.43. The zero-order chi connectivity index (χ0) is 32.3. The monoisotopic (exact) mass is 731 g/mol. The van der Waals surface area contributed by atoms with E-state index in [1.54, 1.807) is 43.3 Å². The highest BCUT2D eigenvalue weighted by Crippen LogP contribution is 2.37. The topological polar surface area (TPSA) is 98.2 Å². The summed E-state index contributed by atoms with van der Waals surface area (Å²) in [6.07, 6.45) is 0.731. The highest BCUT2D eigenvalue weighted by molar-refractivity contribution is 9.10. The van der Waals surface area contributed by atoms with Crippen molar-refractivity contribution in [1.82, 2.24) is 10.7 Å². The SMILES string of the molecule is COc1cc(/C=N\NC(=O)[C@H](Cc2ccccc2)NC(=O)[C@@H](C)Oc2ccc(Cl)cc2Cl)cc(Br)c1OCc1ccc(Cl)cc1.